The Balaban J connectivity index is 2.31. The van der Waals surface area contributed by atoms with E-state index in [2.05, 4.69) is 12.1 Å². The van der Waals surface area contributed by atoms with Crippen LogP contribution in [-0.2, 0) is 11.3 Å². The Morgan fingerprint density at radius 2 is 1.70 bits per heavy atom. The van der Waals surface area contributed by atoms with Gasteiger partial charge < -0.3 is 4.90 Å². The minimum absolute atomic E-state index is 0.0137. The van der Waals surface area contributed by atoms with Crippen LogP contribution in [0.1, 0.15) is 16.7 Å². The summed E-state index contributed by atoms with van der Waals surface area (Å²) in [5.41, 5.74) is 4.29. The largest absolute Gasteiger partial charge is 0.307 e. The lowest BCUT2D eigenvalue weighted by molar-refractivity contribution is -0.116. The molecule has 0 unspecified atom stereocenters. The van der Waals surface area contributed by atoms with Crippen LogP contribution in [0.2, 0.25) is 0 Å². The quantitative estimate of drug-likeness (QED) is 0.776. The molecule has 0 aliphatic heterocycles. The lowest BCUT2D eigenvalue weighted by atomic mass is 10.1. The number of carbonyl (C=O) groups excluding carboxylic acids is 1. The average Bonchev–Trinajstić information content (AvgIpc) is 2.47. The summed E-state index contributed by atoms with van der Waals surface area (Å²) in [5.74, 6) is -0.0956. The number of hydrogen-bond donors (Lipinski definition) is 0. The normalized spacial score (nSPS) is 10.3. The molecule has 0 spiro atoms. The van der Waals surface area contributed by atoms with Crippen LogP contribution in [0.3, 0.4) is 0 Å². The van der Waals surface area contributed by atoms with Crippen LogP contribution in [-0.4, -0.2) is 11.8 Å². The summed E-state index contributed by atoms with van der Waals surface area (Å²) in [6.07, 6.45) is 0. The number of para-hydroxylation sites is 1. The predicted octanol–water partition coefficient (Wildman–Crippen LogP) is 4.08. The third kappa shape index (κ3) is 3.40. The molecule has 2 rings (SSSR count). The van der Waals surface area contributed by atoms with Gasteiger partial charge in [0.2, 0.25) is 5.91 Å². The number of carbonyl (C=O) groups is 1. The van der Waals surface area contributed by atoms with E-state index in [0.29, 0.717) is 6.54 Å². The number of hydrogen-bond acceptors (Lipinski definition) is 1. The Labute approximate surface area is 125 Å². The molecule has 0 N–H and O–H groups in total. The molecular formula is C17H18ClNO. The first-order valence-corrected chi connectivity index (χ1v) is 7.13. The van der Waals surface area contributed by atoms with Gasteiger partial charge in [0.05, 0.1) is 6.54 Å². The molecule has 0 saturated heterocycles. The number of aryl methyl sites for hydroxylation is 2. The van der Waals surface area contributed by atoms with Crippen molar-refractivity contribution in [1.29, 1.82) is 0 Å². The van der Waals surface area contributed by atoms with E-state index < -0.39 is 0 Å². The Bertz CT molecular complexity index is 592. The van der Waals surface area contributed by atoms with Crippen molar-refractivity contribution < 1.29 is 4.79 Å². The van der Waals surface area contributed by atoms with Gasteiger partial charge in [-0.2, -0.15) is 0 Å². The van der Waals surface area contributed by atoms with Gasteiger partial charge in [0, 0.05) is 5.69 Å². The number of benzene rings is 2. The average molecular weight is 288 g/mol. The van der Waals surface area contributed by atoms with Crippen LogP contribution in [0.15, 0.2) is 48.5 Å². The lowest BCUT2D eigenvalue weighted by Crippen LogP contribution is -2.31. The first-order valence-electron chi connectivity index (χ1n) is 6.59. The Morgan fingerprint density at radius 3 is 2.30 bits per heavy atom. The SMILES string of the molecule is Cc1ccc(CN(C(=O)CCl)c2ccccc2C)cc1. The molecule has 0 fully saturated rings. The molecule has 104 valence electrons. The van der Waals surface area contributed by atoms with Crippen molar-refractivity contribution in [2.75, 3.05) is 10.8 Å². The fourth-order valence-electron chi connectivity index (χ4n) is 2.12. The molecule has 0 aromatic heterocycles. The van der Waals surface area contributed by atoms with E-state index in [1.165, 1.54) is 5.56 Å². The molecule has 0 heterocycles. The Kier molecular flexibility index (Phi) is 4.80. The molecule has 0 saturated carbocycles. The molecule has 0 radical (unpaired) electrons. The molecule has 0 bridgehead atoms. The summed E-state index contributed by atoms with van der Waals surface area (Å²) in [4.78, 5) is 13.9. The van der Waals surface area contributed by atoms with Gasteiger partial charge in [-0.1, -0.05) is 48.0 Å². The maximum Gasteiger partial charge on any atom is 0.242 e. The summed E-state index contributed by atoms with van der Waals surface area (Å²) in [5, 5.41) is 0. The first kappa shape index (κ1) is 14.6. The van der Waals surface area contributed by atoms with Gasteiger partial charge in [0.15, 0.2) is 0 Å². The third-order valence-electron chi connectivity index (χ3n) is 3.28. The zero-order valence-electron chi connectivity index (χ0n) is 11.8. The highest BCUT2D eigenvalue weighted by Crippen LogP contribution is 2.22. The van der Waals surface area contributed by atoms with E-state index in [9.17, 15) is 4.79 Å². The van der Waals surface area contributed by atoms with Crippen LogP contribution in [0.5, 0.6) is 0 Å². The second-order valence-electron chi connectivity index (χ2n) is 4.89. The van der Waals surface area contributed by atoms with Gasteiger partial charge >= 0.3 is 0 Å². The number of anilines is 1. The molecule has 0 atom stereocenters. The van der Waals surface area contributed by atoms with Gasteiger partial charge in [0.25, 0.3) is 0 Å². The van der Waals surface area contributed by atoms with Crippen LogP contribution in [0.4, 0.5) is 5.69 Å². The molecule has 2 nitrogen and oxygen atoms in total. The van der Waals surface area contributed by atoms with Crippen LogP contribution in [0, 0.1) is 13.8 Å². The lowest BCUT2D eigenvalue weighted by Gasteiger charge is -2.24. The van der Waals surface area contributed by atoms with Gasteiger partial charge in [0.1, 0.15) is 5.88 Å². The summed E-state index contributed by atoms with van der Waals surface area (Å²) >= 11 is 5.75. The number of nitrogens with zero attached hydrogens (tertiary/aromatic N) is 1. The topological polar surface area (TPSA) is 20.3 Å². The highest BCUT2D eigenvalue weighted by atomic mass is 35.5. The highest BCUT2D eigenvalue weighted by Gasteiger charge is 2.16. The van der Waals surface area contributed by atoms with Gasteiger partial charge in [-0.25, -0.2) is 0 Å². The third-order valence-corrected chi connectivity index (χ3v) is 3.51. The van der Waals surface area contributed by atoms with Crippen molar-refractivity contribution in [3.8, 4) is 0 Å². The molecule has 2 aromatic carbocycles. The van der Waals surface area contributed by atoms with Gasteiger partial charge in [-0.15, -0.1) is 11.6 Å². The standard InChI is InChI=1S/C17H18ClNO/c1-13-7-9-15(10-8-13)12-19(17(20)11-18)16-6-4-3-5-14(16)2/h3-10H,11-12H2,1-2H3. The minimum atomic E-state index is -0.0819. The molecule has 3 heteroatoms. The van der Waals surface area contributed by atoms with Crippen molar-refractivity contribution in [1.82, 2.24) is 0 Å². The molecular weight excluding hydrogens is 270 g/mol. The molecule has 0 aliphatic carbocycles. The van der Waals surface area contributed by atoms with Crippen molar-refractivity contribution >= 4 is 23.2 Å². The van der Waals surface area contributed by atoms with Crippen molar-refractivity contribution in [2.45, 2.75) is 20.4 Å². The van der Waals surface area contributed by atoms with Crippen LogP contribution < -0.4 is 4.90 Å². The first-order chi connectivity index (χ1) is 9.61. The number of rotatable bonds is 4. The molecule has 0 aliphatic rings. The number of alkyl halides is 1. The summed E-state index contributed by atoms with van der Waals surface area (Å²) in [7, 11) is 0. The van der Waals surface area contributed by atoms with E-state index in [-0.39, 0.29) is 11.8 Å². The van der Waals surface area contributed by atoms with Crippen LogP contribution in [0.25, 0.3) is 0 Å². The van der Waals surface area contributed by atoms with Crippen LogP contribution >= 0.6 is 11.6 Å². The predicted molar refractivity (Wildman–Crippen MR) is 84.3 cm³/mol. The fourth-order valence-corrected chi connectivity index (χ4v) is 2.27. The van der Waals surface area contributed by atoms with E-state index in [1.54, 1.807) is 4.90 Å². The summed E-state index contributed by atoms with van der Waals surface area (Å²) < 4.78 is 0. The number of halogens is 1. The summed E-state index contributed by atoms with van der Waals surface area (Å²) in [6, 6.07) is 16.0. The maximum atomic E-state index is 12.1. The molecule has 20 heavy (non-hydrogen) atoms. The van der Waals surface area contributed by atoms with E-state index >= 15 is 0 Å². The molecule has 1 amide bonds. The number of amides is 1. The fraction of sp³-hybridized carbons (Fsp3) is 0.235. The van der Waals surface area contributed by atoms with E-state index in [1.807, 2.05) is 50.2 Å². The Hall–Kier alpha value is -1.80. The smallest absolute Gasteiger partial charge is 0.242 e. The van der Waals surface area contributed by atoms with E-state index in [0.717, 1.165) is 16.8 Å². The zero-order valence-corrected chi connectivity index (χ0v) is 12.5. The monoisotopic (exact) mass is 287 g/mol. The van der Waals surface area contributed by atoms with Gasteiger partial charge in [-0.05, 0) is 31.0 Å². The zero-order chi connectivity index (χ0) is 14.5. The minimum Gasteiger partial charge on any atom is -0.307 e. The molecule has 2 aromatic rings. The second kappa shape index (κ2) is 6.58. The van der Waals surface area contributed by atoms with Crippen molar-refractivity contribution in [3.63, 3.8) is 0 Å². The second-order valence-corrected chi connectivity index (χ2v) is 5.15. The maximum absolute atomic E-state index is 12.1. The van der Waals surface area contributed by atoms with Crippen molar-refractivity contribution in [2.24, 2.45) is 0 Å². The summed E-state index contributed by atoms with van der Waals surface area (Å²) in [6.45, 7) is 4.59. The van der Waals surface area contributed by atoms with Crippen molar-refractivity contribution in [3.05, 3.63) is 65.2 Å². The Morgan fingerprint density at radius 1 is 1.05 bits per heavy atom. The van der Waals surface area contributed by atoms with Gasteiger partial charge in [-0.3, -0.25) is 4.79 Å². The highest BCUT2D eigenvalue weighted by molar-refractivity contribution is 6.29. The van der Waals surface area contributed by atoms with E-state index in [4.69, 9.17) is 11.6 Å².